The number of ether oxygens (including phenoxy) is 3. The van der Waals surface area contributed by atoms with Gasteiger partial charge in [0, 0.05) is 11.5 Å². The molecule has 3 aromatic rings. The van der Waals surface area contributed by atoms with Crippen molar-refractivity contribution in [3.05, 3.63) is 107 Å². The summed E-state index contributed by atoms with van der Waals surface area (Å²) in [6.45, 7) is 8.48. The van der Waals surface area contributed by atoms with Crippen molar-refractivity contribution < 1.29 is 28.5 Å². The van der Waals surface area contributed by atoms with E-state index in [0.717, 1.165) is 10.4 Å². The van der Waals surface area contributed by atoms with Gasteiger partial charge in [-0.3, -0.25) is 0 Å². The molecule has 0 amide bonds. The minimum atomic E-state index is -2.96. The first-order chi connectivity index (χ1) is 19.7. The van der Waals surface area contributed by atoms with E-state index in [1.165, 1.54) is 0 Å². The zero-order valence-electron chi connectivity index (χ0n) is 23.8. The normalized spacial score (nSPS) is 22.9. The van der Waals surface area contributed by atoms with Gasteiger partial charge in [0.2, 0.25) is 0 Å². The summed E-state index contributed by atoms with van der Waals surface area (Å²) in [5.41, 5.74) is 9.59. The predicted molar refractivity (Wildman–Crippen MR) is 158 cm³/mol. The van der Waals surface area contributed by atoms with Gasteiger partial charge in [-0.05, 0) is 40.0 Å². The second-order valence-electron chi connectivity index (χ2n) is 10.9. The molecule has 9 nitrogen and oxygen atoms in total. The van der Waals surface area contributed by atoms with Crippen molar-refractivity contribution in [1.29, 1.82) is 0 Å². The maximum absolute atomic E-state index is 13.0. The van der Waals surface area contributed by atoms with Gasteiger partial charge in [-0.15, -0.1) is 0 Å². The van der Waals surface area contributed by atoms with Crippen molar-refractivity contribution in [3.63, 3.8) is 0 Å². The van der Waals surface area contributed by atoms with E-state index in [4.69, 9.17) is 18.6 Å². The number of carbonyl (C=O) groups excluding carboxylic acids is 1. The number of hydrogen-bond acceptors (Lipinski definition) is 7. The van der Waals surface area contributed by atoms with Crippen LogP contribution in [-0.4, -0.2) is 63.3 Å². The monoisotopic (exact) mass is 575 g/mol. The topological polar surface area (TPSA) is 123 Å². The van der Waals surface area contributed by atoms with Crippen LogP contribution in [0.15, 0.2) is 96.1 Å². The fourth-order valence-electron chi connectivity index (χ4n) is 5.40. The number of esters is 1. The zero-order valence-corrected chi connectivity index (χ0v) is 24.8. The van der Waals surface area contributed by atoms with Gasteiger partial charge in [0.25, 0.3) is 8.32 Å². The second-order valence-corrected chi connectivity index (χ2v) is 15.2. The van der Waals surface area contributed by atoms with Crippen LogP contribution in [-0.2, 0) is 18.6 Å². The molecule has 1 aliphatic heterocycles. The van der Waals surface area contributed by atoms with E-state index in [0.29, 0.717) is 5.56 Å². The Balaban J connectivity index is 1.70. The lowest BCUT2D eigenvalue weighted by atomic mass is 9.97. The summed E-state index contributed by atoms with van der Waals surface area (Å²) >= 11 is 0. The van der Waals surface area contributed by atoms with Gasteiger partial charge in [0.1, 0.15) is 24.4 Å². The molecule has 216 valence electrons. The third-order valence-corrected chi connectivity index (χ3v) is 12.3. The Morgan fingerprint density at radius 1 is 0.976 bits per heavy atom. The smallest absolute Gasteiger partial charge is 0.338 e. The SMILES string of the molecule is CCO[C@@H]1OC(CO[Si](c2ccccc2)(c2ccccc2)C(C)(C)C)[C@@H](O)[C@H](OC(=O)c2ccccc2)C1N=[N+]=[N-]. The van der Waals surface area contributed by atoms with Gasteiger partial charge in [-0.1, -0.05) is 105 Å². The molecule has 2 unspecified atom stereocenters. The van der Waals surface area contributed by atoms with Crippen LogP contribution in [0, 0.1) is 0 Å². The predicted octanol–water partition coefficient (Wildman–Crippen LogP) is 4.59. The standard InChI is InChI=1S/C31H37N3O6Si/c1-5-37-30-26(33-34-32)28(40-29(36)22-15-9-6-10-16-22)27(35)25(39-30)21-38-41(31(2,3)4,23-17-11-7-12-18-23)24-19-13-8-14-20-24/h6-20,25-28,30,35H,5,21H2,1-4H3/t25?,26?,27-,28-,30-/m1/s1. The number of hydrogen-bond donors (Lipinski definition) is 1. The van der Waals surface area contributed by atoms with Crippen LogP contribution >= 0.6 is 0 Å². The third-order valence-electron chi connectivity index (χ3n) is 7.29. The molecule has 1 aliphatic rings. The number of rotatable bonds is 10. The molecule has 0 saturated carbocycles. The van der Waals surface area contributed by atoms with Crippen molar-refractivity contribution in [2.45, 2.75) is 63.4 Å². The average Bonchev–Trinajstić information content (AvgIpc) is 2.98. The number of benzene rings is 3. The maximum atomic E-state index is 13.0. The van der Waals surface area contributed by atoms with Gasteiger partial charge < -0.3 is 23.7 Å². The van der Waals surface area contributed by atoms with Crippen LogP contribution in [0.1, 0.15) is 38.1 Å². The van der Waals surface area contributed by atoms with E-state index in [9.17, 15) is 15.4 Å². The second kappa shape index (κ2) is 13.4. The summed E-state index contributed by atoms with van der Waals surface area (Å²) < 4.78 is 24.7. The van der Waals surface area contributed by atoms with Gasteiger partial charge in [0.05, 0.1) is 12.2 Å². The van der Waals surface area contributed by atoms with Crippen molar-refractivity contribution in [2.24, 2.45) is 5.11 Å². The van der Waals surface area contributed by atoms with E-state index >= 15 is 0 Å². The van der Waals surface area contributed by atoms with Crippen LogP contribution in [0.4, 0.5) is 0 Å². The Labute approximate surface area is 241 Å². The Bertz CT molecular complexity index is 1280. The van der Waals surface area contributed by atoms with Crippen molar-refractivity contribution in [2.75, 3.05) is 13.2 Å². The summed E-state index contributed by atoms with van der Waals surface area (Å²) in [6.07, 6.45) is -4.57. The average molecular weight is 576 g/mol. The minimum Gasteiger partial charge on any atom is -0.455 e. The first-order valence-corrected chi connectivity index (χ1v) is 15.6. The maximum Gasteiger partial charge on any atom is 0.338 e. The molecule has 1 heterocycles. The third kappa shape index (κ3) is 6.54. The molecule has 3 aromatic carbocycles. The lowest BCUT2D eigenvalue weighted by molar-refractivity contribution is -0.262. The number of azide groups is 1. The van der Waals surface area contributed by atoms with E-state index in [1.54, 1.807) is 37.3 Å². The highest BCUT2D eigenvalue weighted by Gasteiger charge is 2.53. The zero-order chi connectivity index (χ0) is 29.5. The molecule has 5 atom stereocenters. The van der Waals surface area contributed by atoms with Crippen molar-refractivity contribution in [1.82, 2.24) is 0 Å². The molecule has 41 heavy (non-hydrogen) atoms. The summed E-state index contributed by atoms with van der Waals surface area (Å²) in [7, 11) is -2.96. The largest absolute Gasteiger partial charge is 0.455 e. The molecule has 0 bridgehead atoms. The molecular formula is C31H37N3O6Si. The summed E-state index contributed by atoms with van der Waals surface area (Å²) in [5.74, 6) is -0.656. The first kappa shape index (κ1) is 30.5. The minimum absolute atomic E-state index is 0.0135. The van der Waals surface area contributed by atoms with E-state index < -0.39 is 44.9 Å². The Morgan fingerprint density at radius 3 is 2.00 bits per heavy atom. The number of aliphatic hydroxyl groups is 1. The van der Waals surface area contributed by atoms with Gasteiger partial charge in [-0.2, -0.15) is 0 Å². The molecule has 10 heteroatoms. The fraction of sp³-hybridized carbons (Fsp3) is 0.387. The molecular weight excluding hydrogens is 538 g/mol. The van der Waals surface area contributed by atoms with Crippen LogP contribution in [0.5, 0.6) is 0 Å². The number of nitrogens with zero attached hydrogens (tertiary/aromatic N) is 3. The number of carbonyl (C=O) groups is 1. The Kier molecular flexibility index (Phi) is 9.98. The highest BCUT2D eigenvalue weighted by Crippen LogP contribution is 2.38. The quantitative estimate of drug-likeness (QED) is 0.124. The van der Waals surface area contributed by atoms with Gasteiger partial charge >= 0.3 is 5.97 Å². The van der Waals surface area contributed by atoms with E-state index in [1.807, 2.05) is 36.4 Å². The lowest BCUT2D eigenvalue weighted by Gasteiger charge is -2.46. The summed E-state index contributed by atoms with van der Waals surface area (Å²) in [6, 6.07) is 27.6. The first-order valence-electron chi connectivity index (χ1n) is 13.7. The summed E-state index contributed by atoms with van der Waals surface area (Å²) in [4.78, 5) is 15.9. The molecule has 0 spiro atoms. The van der Waals surface area contributed by atoms with Crippen molar-refractivity contribution >= 4 is 24.7 Å². The van der Waals surface area contributed by atoms with Gasteiger partial charge in [-0.25, -0.2) is 4.79 Å². The molecule has 4 rings (SSSR count). The molecule has 0 aromatic heterocycles. The Hall–Kier alpha value is -3.50. The van der Waals surface area contributed by atoms with Crippen LogP contribution in [0.25, 0.3) is 10.4 Å². The molecule has 1 fully saturated rings. The highest BCUT2D eigenvalue weighted by molar-refractivity contribution is 6.99. The Morgan fingerprint density at radius 2 is 1.51 bits per heavy atom. The molecule has 0 radical (unpaired) electrons. The fourth-order valence-corrected chi connectivity index (χ4v) is 9.97. The van der Waals surface area contributed by atoms with Crippen molar-refractivity contribution in [3.8, 4) is 0 Å². The lowest BCUT2D eigenvalue weighted by Crippen LogP contribution is -2.68. The summed E-state index contributed by atoms with van der Waals surface area (Å²) in [5, 5.41) is 17.2. The van der Waals surface area contributed by atoms with Gasteiger partial charge in [0.15, 0.2) is 6.29 Å². The van der Waals surface area contributed by atoms with Crippen LogP contribution in [0.3, 0.4) is 0 Å². The van der Waals surface area contributed by atoms with E-state index in [-0.39, 0.29) is 18.3 Å². The van der Waals surface area contributed by atoms with E-state index in [2.05, 4.69) is 55.1 Å². The molecule has 0 aliphatic carbocycles. The molecule has 1 saturated heterocycles. The van der Waals surface area contributed by atoms with Crippen LogP contribution in [0.2, 0.25) is 5.04 Å². The van der Waals surface area contributed by atoms with Crippen LogP contribution < -0.4 is 10.4 Å². The highest BCUT2D eigenvalue weighted by atomic mass is 28.4. The number of aliphatic hydroxyl groups excluding tert-OH is 1. The molecule has 1 N–H and O–H groups in total.